The first-order chi connectivity index (χ1) is 13.2. The summed E-state index contributed by atoms with van der Waals surface area (Å²) in [5.74, 6) is 0.232. The van der Waals surface area contributed by atoms with Crippen molar-refractivity contribution in [2.24, 2.45) is 0 Å². The summed E-state index contributed by atoms with van der Waals surface area (Å²) in [7, 11) is 1.63. The van der Waals surface area contributed by atoms with Crippen LogP contribution in [-0.4, -0.2) is 29.7 Å². The van der Waals surface area contributed by atoms with E-state index in [9.17, 15) is 9.18 Å². The van der Waals surface area contributed by atoms with Crippen LogP contribution in [0.15, 0.2) is 42.5 Å². The number of fused-ring (bicyclic) bond motifs is 1. The molecule has 1 heterocycles. The molecule has 29 heavy (non-hydrogen) atoms. The number of rotatable bonds is 5. The van der Waals surface area contributed by atoms with Crippen LogP contribution < -0.4 is 10.1 Å². The fraction of sp³-hybridized carbons (Fsp3) is 0.348. The lowest BCUT2D eigenvalue weighted by Crippen LogP contribution is -2.37. The Morgan fingerprint density at radius 3 is 2.38 bits per heavy atom. The predicted octanol–water partition coefficient (Wildman–Crippen LogP) is 5.14. The summed E-state index contributed by atoms with van der Waals surface area (Å²) in [6.45, 7) is 9.14. The van der Waals surface area contributed by atoms with Crippen LogP contribution in [0.2, 0.25) is 0 Å². The maximum atomic E-state index is 13.3. The second-order valence-corrected chi connectivity index (χ2v) is 8.02. The molecule has 2 aromatic carbocycles. The van der Waals surface area contributed by atoms with E-state index in [1.807, 2.05) is 25.1 Å². The largest absolute Gasteiger partial charge is 0.497 e. The van der Waals surface area contributed by atoms with Crippen molar-refractivity contribution in [3.63, 3.8) is 0 Å². The van der Waals surface area contributed by atoms with Crippen molar-refractivity contribution in [1.29, 1.82) is 0 Å². The molecule has 1 N–H and O–H groups in total. The van der Waals surface area contributed by atoms with Crippen molar-refractivity contribution in [3.05, 3.63) is 65.1 Å². The van der Waals surface area contributed by atoms with Crippen LogP contribution >= 0.6 is 12.4 Å². The van der Waals surface area contributed by atoms with E-state index < -0.39 is 0 Å². The van der Waals surface area contributed by atoms with E-state index in [1.54, 1.807) is 11.7 Å². The van der Waals surface area contributed by atoms with Crippen molar-refractivity contribution < 1.29 is 13.9 Å². The fourth-order valence-electron chi connectivity index (χ4n) is 3.45. The molecule has 0 atom stereocenters. The van der Waals surface area contributed by atoms with Gasteiger partial charge in [-0.1, -0.05) is 0 Å². The van der Waals surface area contributed by atoms with Gasteiger partial charge in [-0.05, 0) is 88.7 Å². The van der Waals surface area contributed by atoms with E-state index >= 15 is 0 Å². The molecular weight excluding hydrogens is 391 g/mol. The quantitative estimate of drug-likeness (QED) is 0.624. The molecule has 0 spiro atoms. The molecule has 4 nitrogen and oxygen atoms in total. The monoisotopic (exact) mass is 418 g/mol. The third-order valence-electron chi connectivity index (χ3n) is 4.87. The molecule has 0 radical (unpaired) electrons. The summed E-state index contributed by atoms with van der Waals surface area (Å²) in [6.07, 6.45) is 0.788. The molecule has 0 saturated heterocycles. The van der Waals surface area contributed by atoms with E-state index in [-0.39, 0.29) is 29.7 Å². The molecule has 1 aromatic heterocycles. The Morgan fingerprint density at radius 1 is 1.14 bits per heavy atom. The summed E-state index contributed by atoms with van der Waals surface area (Å²) in [5, 5.41) is 4.50. The van der Waals surface area contributed by atoms with Crippen molar-refractivity contribution in [1.82, 2.24) is 9.88 Å². The van der Waals surface area contributed by atoms with Crippen molar-refractivity contribution in [3.8, 4) is 5.75 Å². The Balaban J connectivity index is 0.00000300. The van der Waals surface area contributed by atoms with Gasteiger partial charge < -0.3 is 10.1 Å². The van der Waals surface area contributed by atoms with Gasteiger partial charge >= 0.3 is 0 Å². The van der Waals surface area contributed by atoms with Gasteiger partial charge in [-0.15, -0.1) is 12.4 Å². The average Bonchev–Trinajstić information content (AvgIpc) is 2.92. The highest BCUT2D eigenvalue weighted by Gasteiger charge is 2.21. The molecule has 0 bridgehead atoms. The predicted molar refractivity (Wildman–Crippen MR) is 118 cm³/mol. The van der Waals surface area contributed by atoms with Crippen LogP contribution in [0.3, 0.4) is 0 Å². The first-order valence-electron chi connectivity index (χ1n) is 9.44. The number of hydrogen-bond donors (Lipinski definition) is 1. The molecule has 3 aromatic rings. The lowest BCUT2D eigenvalue weighted by Gasteiger charge is -2.20. The molecule has 0 saturated carbocycles. The second kappa shape index (κ2) is 8.97. The fourth-order valence-corrected chi connectivity index (χ4v) is 3.45. The highest BCUT2D eigenvalue weighted by Crippen LogP contribution is 2.30. The number of carbonyl (C=O) groups is 1. The zero-order chi connectivity index (χ0) is 20.5. The van der Waals surface area contributed by atoms with Crippen LogP contribution in [0.5, 0.6) is 5.75 Å². The summed E-state index contributed by atoms with van der Waals surface area (Å²) in [6, 6.07) is 11.4. The third kappa shape index (κ3) is 4.98. The van der Waals surface area contributed by atoms with E-state index in [4.69, 9.17) is 4.74 Å². The normalized spacial score (nSPS) is 11.4. The lowest BCUT2D eigenvalue weighted by atomic mass is 10.1. The smallest absolute Gasteiger partial charge is 0.262 e. The molecule has 156 valence electrons. The summed E-state index contributed by atoms with van der Waals surface area (Å²) < 4.78 is 20.4. The molecule has 0 amide bonds. The number of benzene rings is 2. The number of hydrogen-bond acceptors (Lipinski definition) is 3. The van der Waals surface area contributed by atoms with Gasteiger partial charge in [-0.3, -0.25) is 9.36 Å². The molecule has 0 aliphatic carbocycles. The zero-order valence-electron chi connectivity index (χ0n) is 17.5. The number of nitrogens with one attached hydrogen (secondary N) is 1. The molecule has 0 aliphatic heterocycles. The van der Waals surface area contributed by atoms with Crippen molar-refractivity contribution in [2.75, 3.05) is 13.7 Å². The first-order valence-corrected chi connectivity index (χ1v) is 9.44. The Labute approximate surface area is 177 Å². The minimum Gasteiger partial charge on any atom is -0.497 e. The molecule has 0 unspecified atom stereocenters. The van der Waals surface area contributed by atoms with Crippen LogP contribution in [0.25, 0.3) is 10.9 Å². The first kappa shape index (κ1) is 22.9. The van der Waals surface area contributed by atoms with Gasteiger partial charge in [-0.2, -0.15) is 0 Å². The summed E-state index contributed by atoms with van der Waals surface area (Å²) in [4.78, 5) is 13.2. The van der Waals surface area contributed by atoms with Crippen LogP contribution in [-0.2, 0) is 6.42 Å². The lowest BCUT2D eigenvalue weighted by molar-refractivity contribution is 0.0963. The number of methoxy groups -OCH3 is 1. The van der Waals surface area contributed by atoms with E-state index in [0.717, 1.165) is 40.9 Å². The molecule has 0 fully saturated rings. The number of halogens is 2. The average molecular weight is 419 g/mol. The van der Waals surface area contributed by atoms with Gasteiger partial charge in [0, 0.05) is 22.2 Å². The molecule has 0 aliphatic rings. The van der Waals surface area contributed by atoms with Crippen LogP contribution in [0.4, 0.5) is 4.39 Å². The maximum absolute atomic E-state index is 13.3. The number of ether oxygens (including phenoxy) is 1. The van der Waals surface area contributed by atoms with Gasteiger partial charge in [0.2, 0.25) is 0 Å². The SMILES string of the molecule is COc1ccc2c(c1)c(CCNC(C)(C)C)c(C)n2C(=O)c1ccc(F)cc1.Cl. The highest BCUT2D eigenvalue weighted by atomic mass is 35.5. The third-order valence-corrected chi connectivity index (χ3v) is 4.87. The molecule has 3 rings (SSSR count). The van der Waals surface area contributed by atoms with Gasteiger partial charge in [-0.25, -0.2) is 4.39 Å². The van der Waals surface area contributed by atoms with Crippen molar-refractivity contribution >= 4 is 29.2 Å². The number of carbonyl (C=O) groups excluding carboxylic acids is 1. The van der Waals surface area contributed by atoms with Gasteiger partial charge in [0.15, 0.2) is 0 Å². The molecular formula is C23H28ClFN2O2. The van der Waals surface area contributed by atoms with E-state index in [0.29, 0.717) is 5.56 Å². The number of nitrogens with zero attached hydrogens (tertiary/aromatic N) is 1. The standard InChI is InChI=1S/C23H27FN2O2.ClH/c1-15-19(12-13-25-23(2,3)4)20-14-18(28-5)10-11-21(20)26(15)22(27)16-6-8-17(24)9-7-16;/h6-11,14,25H,12-13H2,1-5H3;1H. The zero-order valence-corrected chi connectivity index (χ0v) is 18.3. The van der Waals surface area contributed by atoms with Gasteiger partial charge in [0.25, 0.3) is 5.91 Å². The Hall–Kier alpha value is -2.37. The van der Waals surface area contributed by atoms with Gasteiger partial charge in [0.1, 0.15) is 11.6 Å². The van der Waals surface area contributed by atoms with Gasteiger partial charge in [0.05, 0.1) is 12.6 Å². The highest BCUT2D eigenvalue weighted by molar-refractivity contribution is 6.04. The number of aromatic nitrogens is 1. The minimum atomic E-state index is -0.357. The van der Waals surface area contributed by atoms with E-state index in [1.165, 1.54) is 24.3 Å². The van der Waals surface area contributed by atoms with Crippen molar-refractivity contribution in [2.45, 2.75) is 39.7 Å². The van der Waals surface area contributed by atoms with Crippen LogP contribution in [0, 0.1) is 12.7 Å². The van der Waals surface area contributed by atoms with E-state index in [2.05, 4.69) is 26.1 Å². The summed E-state index contributed by atoms with van der Waals surface area (Å²) >= 11 is 0. The second-order valence-electron chi connectivity index (χ2n) is 8.02. The Morgan fingerprint density at radius 2 is 1.79 bits per heavy atom. The van der Waals surface area contributed by atoms with Crippen LogP contribution in [0.1, 0.15) is 42.4 Å². The topological polar surface area (TPSA) is 43.3 Å². The summed E-state index contributed by atoms with van der Waals surface area (Å²) in [5.41, 5.74) is 3.32. The maximum Gasteiger partial charge on any atom is 0.262 e. The minimum absolute atomic E-state index is 0. The Bertz CT molecular complexity index is 1000. The Kier molecular flexibility index (Phi) is 7.09. The molecule has 6 heteroatoms.